The lowest BCUT2D eigenvalue weighted by Crippen LogP contribution is -2.22. The summed E-state index contributed by atoms with van der Waals surface area (Å²) in [5.41, 5.74) is 3.27. The standard InChI is InChI=1S/C26H21N3O4S/c1-16-6-5-7-17(14-16)27-22(30)15-34-26-28-23-20-8-3-4-9-21(20)33-24(23)25(31)29(26)18-10-12-19(32-2)13-11-18/h3-14H,15H2,1-2H3,(H,27,30). The van der Waals surface area contributed by atoms with E-state index in [1.165, 1.54) is 16.3 Å². The molecule has 5 aromatic rings. The second kappa shape index (κ2) is 9.07. The van der Waals surface area contributed by atoms with Crippen LogP contribution in [-0.4, -0.2) is 28.3 Å². The lowest BCUT2D eigenvalue weighted by molar-refractivity contribution is -0.113. The summed E-state index contributed by atoms with van der Waals surface area (Å²) in [6.45, 7) is 1.96. The van der Waals surface area contributed by atoms with Crippen molar-refractivity contribution in [2.75, 3.05) is 18.2 Å². The van der Waals surface area contributed by atoms with Crippen molar-refractivity contribution in [2.24, 2.45) is 0 Å². The summed E-state index contributed by atoms with van der Waals surface area (Å²) < 4.78 is 12.6. The number of hydrogen-bond acceptors (Lipinski definition) is 6. The Hall–Kier alpha value is -4.04. The fraction of sp³-hybridized carbons (Fsp3) is 0.115. The van der Waals surface area contributed by atoms with E-state index in [4.69, 9.17) is 14.1 Å². The minimum Gasteiger partial charge on any atom is -0.497 e. The van der Waals surface area contributed by atoms with Gasteiger partial charge in [-0.2, -0.15) is 0 Å². The number of nitrogens with zero attached hydrogens (tertiary/aromatic N) is 2. The third kappa shape index (κ3) is 4.15. The Balaban J connectivity index is 1.55. The molecule has 0 unspecified atom stereocenters. The van der Waals surface area contributed by atoms with Crippen LogP contribution in [0, 0.1) is 6.92 Å². The molecule has 170 valence electrons. The van der Waals surface area contributed by atoms with E-state index in [1.807, 2.05) is 49.4 Å². The van der Waals surface area contributed by atoms with Gasteiger partial charge in [0.1, 0.15) is 16.8 Å². The van der Waals surface area contributed by atoms with Crippen molar-refractivity contribution in [1.82, 2.24) is 9.55 Å². The molecule has 5 rings (SSSR count). The van der Waals surface area contributed by atoms with Crippen molar-refractivity contribution < 1.29 is 13.9 Å². The normalized spacial score (nSPS) is 11.1. The quantitative estimate of drug-likeness (QED) is 0.271. The second-order valence-corrected chi connectivity index (χ2v) is 8.66. The van der Waals surface area contributed by atoms with Crippen LogP contribution in [-0.2, 0) is 4.79 Å². The van der Waals surface area contributed by atoms with Crippen LogP contribution in [0.15, 0.2) is 87.2 Å². The number of methoxy groups -OCH3 is 1. The van der Waals surface area contributed by atoms with Gasteiger partial charge in [-0.05, 0) is 61.0 Å². The van der Waals surface area contributed by atoms with Crippen molar-refractivity contribution in [2.45, 2.75) is 12.1 Å². The molecule has 0 atom stereocenters. The third-order valence-electron chi connectivity index (χ3n) is 5.33. The first-order chi connectivity index (χ1) is 16.5. The number of amides is 1. The molecular formula is C26H21N3O4S. The zero-order valence-corrected chi connectivity index (χ0v) is 19.4. The van der Waals surface area contributed by atoms with Gasteiger partial charge in [0.25, 0.3) is 0 Å². The van der Waals surface area contributed by atoms with Gasteiger partial charge in [-0.25, -0.2) is 4.98 Å². The van der Waals surface area contributed by atoms with Gasteiger partial charge < -0.3 is 14.5 Å². The number of anilines is 1. The molecule has 7 nitrogen and oxygen atoms in total. The summed E-state index contributed by atoms with van der Waals surface area (Å²) in [7, 11) is 1.58. The fourth-order valence-corrected chi connectivity index (χ4v) is 4.53. The Kier molecular flexibility index (Phi) is 5.81. The number of hydrogen-bond donors (Lipinski definition) is 1. The van der Waals surface area contributed by atoms with Gasteiger partial charge in [0.05, 0.1) is 18.6 Å². The lowest BCUT2D eigenvalue weighted by atomic mass is 10.2. The van der Waals surface area contributed by atoms with E-state index in [-0.39, 0.29) is 22.8 Å². The predicted octanol–water partition coefficient (Wildman–Crippen LogP) is 5.18. The molecule has 3 aromatic carbocycles. The van der Waals surface area contributed by atoms with Gasteiger partial charge in [-0.1, -0.05) is 36.0 Å². The maximum Gasteiger partial charge on any atom is 0.302 e. The van der Waals surface area contributed by atoms with Crippen molar-refractivity contribution in [3.63, 3.8) is 0 Å². The van der Waals surface area contributed by atoms with Crippen LogP contribution in [0.3, 0.4) is 0 Å². The number of aryl methyl sites for hydroxylation is 1. The summed E-state index contributed by atoms with van der Waals surface area (Å²) >= 11 is 1.19. The Labute approximate surface area is 199 Å². The summed E-state index contributed by atoms with van der Waals surface area (Å²) in [6, 6.07) is 22.1. The molecule has 0 fully saturated rings. The monoisotopic (exact) mass is 471 g/mol. The molecule has 2 heterocycles. The van der Waals surface area contributed by atoms with Crippen LogP contribution in [0.2, 0.25) is 0 Å². The molecule has 0 aliphatic heterocycles. The van der Waals surface area contributed by atoms with Crippen molar-refractivity contribution >= 4 is 45.4 Å². The molecule has 0 aliphatic carbocycles. The van der Waals surface area contributed by atoms with Gasteiger partial charge in [-0.15, -0.1) is 0 Å². The molecule has 1 N–H and O–H groups in total. The molecule has 0 radical (unpaired) electrons. The first-order valence-electron chi connectivity index (χ1n) is 10.6. The predicted molar refractivity (Wildman–Crippen MR) is 134 cm³/mol. The number of ether oxygens (including phenoxy) is 1. The number of carbonyl (C=O) groups is 1. The molecule has 8 heteroatoms. The van der Waals surface area contributed by atoms with Crippen LogP contribution < -0.4 is 15.6 Å². The summed E-state index contributed by atoms with van der Waals surface area (Å²) in [5.74, 6) is 0.558. The van der Waals surface area contributed by atoms with Gasteiger partial charge in [-0.3, -0.25) is 14.2 Å². The summed E-state index contributed by atoms with van der Waals surface area (Å²) in [4.78, 5) is 30.9. The molecule has 0 aliphatic rings. The van der Waals surface area contributed by atoms with E-state index in [0.717, 1.165) is 16.6 Å². The van der Waals surface area contributed by atoms with Crippen LogP contribution in [0.25, 0.3) is 27.8 Å². The van der Waals surface area contributed by atoms with Crippen LogP contribution >= 0.6 is 11.8 Å². The van der Waals surface area contributed by atoms with E-state index in [9.17, 15) is 9.59 Å². The van der Waals surface area contributed by atoms with Crippen molar-refractivity contribution in [1.29, 1.82) is 0 Å². The number of benzene rings is 3. The van der Waals surface area contributed by atoms with E-state index >= 15 is 0 Å². The zero-order valence-electron chi connectivity index (χ0n) is 18.6. The highest BCUT2D eigenvalue weighted by molar-refractivity contribution is 7.99. The molecule has 0 saturated heterocycles. The van der Waals surface area contributed by atoms with Crippen LogP contribution in [0.1, 0.15) is 5.56 Å². The average molecular weight is 472 g/mol. The number of para-hydroxylation sites is 1. The smallest absolute Gasteiger partial charge is 0.302 e. The zero-order chi connectivity index (χ0) is 23.7. The molecule has 0 saturated carbocycles. The van der Waals surface area contributed by atoms with E-state index in [1.54, 1.807) is 37.4 Å². The number of carbonyl (C=O) groups excluding carboxylic acids is 1. The molecule has 1 amide bonds. The number of fused-ring (bicyclic) bond motifs is 3. The number of furan rings is 1. The van der Waals surface area contributed by atoms with Crippen LogP contribution in [0.5, 0.6) is 5.75 Å². The molecule has 34 heavy (non-hydrogen) atoms. The Bertz CT molecular complexity index is 1570. The molecule has 0 bridgehead atoms. The first-order valence-corrected chi connectivity index (χ1v) is 11.6. The SMILES string of the molecule is COc1ccc(-n2c(SCC(=O)Nc3cccc(C)c3)nc3c(oc4ccccc43)c2=O)cc1. The molecule has 0 spiro atoms. The highest BCUT2D eigenvalue weighted by Gasteiger charge is 2.20. The Morgan fingerprint density at radius 2 is 1.88 bits per heavy atom. The largest absolute Gasteiger partial charge is 0.497 e. The van der Waals surface area contributed by atoms with Crippen LogP contribution in [0.4, 0.5) is 5.69 Å². The number of thioether (sulfide) groups is 1. The number of nitrogens with one attached hydrogen (secondary N) is 1. The average Bonchev–Trinajstić information content (AvgIpc) is 3.22. The highest BCUT2D eigenvalue weighted by Crippen LogP contribution is 2.29. The Morgan fingerprint density at radius 1 is 1.09 bits per heavy atom. The maximum atomic E-state index is 13.5. The van der Waals surface area contributed by atoms with E-state index < -0.39 is 0 Å². The minimum absolute atomic E-state index is 0.0812. The maximum absolute atomic E-state index is 13.5. The molecular weight excluding hydrogens is 450 g/mol. The van der Waals surface area contributed by atoms with Crippen molar-refractivity contribution in [3.8, 4) is 11.4 Å². The van der Waals surface area contributed by atoms with Gasteiger partial charge in [0.2, 0.25) is 11.5 Å². The Morgan fingerprint density at radius 3 is 2.65 bits per heavy atom. The first kappa shape index (κ1) is 21.8. The highest BCUT2D eigenvalue weighted by atomic mass is 32.2. The molecule has 2 aromatic heterocycles. The van der Waals surface area contributed by atoms with E-state index in [2.05, 4.69) is 5.32 Å². The number of rotatable bonds is 6. The van der Waals surface area contributed by atoms with Gasteiger partial charge >= 0.3 is 5.56 Å². The second-order valence-electron chi connectivity index (χ2n) is 7.72. The fourth-order valence-electron chi connectivity index (χ4n) is 3.73. The van der Waals surface area contributed by atoms with Gasteiger partial charge in [0, 0.05) is 11.1 Å². The topological polar surface area (TPSA) is 86.4 Å². The summed E-state index contributed by atoms with van der Waals surface area (Å²) in [6.07, 6.45) is 0. The lowest BCUT2D eigenvalue weighted by Gasteiger charge is -2.12. The minimum atomic E-state index is -0.340. The third-order valence-corrected chi connectivity index (χ3v) is 6.27. The van der Waals surface area contributed by atoms with Crippen molar-refractivity contribution in [3.05, 3.63) is 88.7 Å². The summed E-state index contributed by atoms with van der Waals surface area (Å²) in [5, 5.41) is 4.04. The van der Waals surface area contributed by atoms with E-state index in [0.29, 0.717) is 27.7 Å². The van der Waals surface area contributed by atoms with Gasteiger partial charge in [0.15, 0.2) is 5.16 Å². The number of aromatic nitrogens is 2.